The highest BCUT2D eigenvalue weighted by molar-refractivity contribution is 7.47. The normalized spacial score (nSPS) is 14.1. The Labute approximate surface area is 561 Å². The Kier molecular flexibility index (Phi) is 65.3. The fraction of sp³-hybridized carbons (Fsp3) is 0.890. The smallest absolute Gasteiger partial charge is 0.462 e. The summed E-state index contributed by atoms with van der Waals surface area (Å²) in [7, 11) is -9.91. The topological polar surface area (TPSA) is 237 Å². The molecular formula is C73H138O17P2. The first-order valence-corrected chi connectivity index (χ1v) is 40.6. The molecule has 542 valence electrons. The van der Waals surface area contributed by atoms with E-state index < -0.39 is 97.5 Å². The zero-order valence-corrected chi connectivity index (χ0v) is 60.8. The molecule has 0 rings (SSSR count). The molecular weight excluding hydrogens is 1210 g/mol. The van der Waals surface area contributed by atoms with Crippen LogP contribution in [0.1, 0.15) is 362 Å². The number of aliphatic hydroxyl groups excluding tert-OH is 1. The number of allylic oxidation sites excluding steroid dienone is 4. The summed E-state index contributed by atoms with van der Waals surface area (Å²) in [5.41, 5.74) is 0. The van der Waals surface area contributed by atoms with E-state index in [1.165, 1.54) is 161 Å². The number of ether oxygens (including phenoxy) is 4. The third-order valence-corrected chi connectivity index (χ3v) is 18.3. The lowest BCUT2D eigenvalue weighted by molar-refractivity contribution is -0.161. The molecule has 0 bridgehead atoms. The molecule has 5 atom stereocenters. The Bertz CT molecular complexity index is 1850. The summed E-state index contributed by atoms with van der Waals surface area (Å²) in [6, 6.07) is 0. The Morgan fingerprint density at radius 3 is 0.848 bits per heavy atom. The van der Waals surface area contributed by atoms with Crippen molar-refractivity contribution in [1.82, 2.24) is 0 Å². The third-order valence-electron chi connectivity index (χ3n) is 16.4. The number of phosphoric acid groups is 2. The average Bonchev–Trinajstić information content (AvgIpc) is 3.63. The largest absolute Gasteiger partial charge is 0.472 e. The molecule has 0 aliphatic heterocycles. The lowest BCUT2D eigenvalue weighted by atomic mass is 10.0. The number of rotatable bonds is 72. The van der Waals surface area contributed by atoms with Gasteiger partial charge in [0.25, 0.3) is 0 Å². The molecule has 0 aliphatic carbocycles. The fourth-order valence-electron chi connectivity index (χ4n) is 10.7. The van der Waals surface area contributed by atoms with Crippen LogP contribution in [0.2, 0.25) is 0 Å². The second kappa shape index (κ2) is 67.1. The highest BCUT2D eigenvalue weighted by Crippen LogP contribution is 2.45. The van der Waals surface area contributed by atoms with E-state index in [-0.39, 0.29) is 25.7 Å². The SMILES string of the molecule is CCC/C=C\C/C=C\CCCCCCCC(=O)OCC(COP(=O)(O)OCC(O)COP(=O)(O)OCC(COC(=O)CCCCCCCCCCCCCCC)OC(=O)CCCCCCCCCCCCCCC)OC(=O)CCCCCCCCCCCCCCC. The van der Waals surface area contributed by atoms with Crippen molar-refractivity contribution in [2.75, 3.05) is 39.6 Å². The first-order chi connectivity index (χ1) is 44.7. The highest BCUT2D eigenvalue weighted by Gasteiger charge is 2.30. The lowest BCUT2D eigenvalue weighted by Crippen LogP contribution is -2.30. The molecule has 0 radical (unpaired) electrons. The molecule has 0 aromatic heterocycles. The lowest BCUT2D eigenvalue weighted by Gasteiger charge is -2.21. The number of phosphoric ester groups is 2. The van der Waals surface area contributed by atoms with Crippen molar-refractivity contribution < 1.29 is 80.2 Å². The molecule has 0 aliphatic rings. The molecule has 0 heterocycles. The molecule has 0 spiro atoms. The van der Waals surface area contributed by atoms with Crippen LogP contribution in [0.3, 0.4) is 0 Å². The zero-order chi connectivity index (χ0) is 67.5. The van der Waals surface area contributed by atoms with Crippen LogP contribution in [0.5, 0.6) is 0 Å². The van der Waals surface area contributed by atoms with Crippen molar-refractivity contribution in [2.24, 2.45) is 0 Å². The number of esters is 4. The van der Waals surface area contributed by atoms with Crippen LogP contribution < -0.4 is 0 Å². The Morgan fingerprint density at radius 2 is 0.554 bits per heavy atom. The van der Waals surface area contributed by atoms with E-state index in [0.29, 0.717) is 25.7 Å². The molecule has 0 saturated carbocycles. The van der Waals surface area contributed by atoms with Crippen LogP contribution in [-0.4, -0.2) is 96.7 Å². The van der Waals surface area contributed by atoms with Crippen LogP contribution in [0.4, 0.5) is 0 Å². The van der Waals surface area contributed by atoms with Gasteiger partial charge in [-0.25, -0.2) is 9.13 Å². The first kappa shape index (κ1) is 89.5. The van der Waals surface area contributed by atoms with Crippen LogP contribution in [0.15, 0.2) is 24.3 Å². The number of carbonyl (C=O) groups excluding carboxylic acids is 4. The number of aliphatic hydroxyl groups is 1. The molecule has 0 aromatic rings. The van der Waals surface area contributed by atoms with E-state index >= 15 is 0 Å². The number of hydrogen-bond acceptors (Lipinski definition) is 15. The van der Waals surface area contributed by atoms with Gasteiger partial charge in [0, 0.05) is 25.7 Å². The van der Waals surface area contributed by atoms with Crippen molar-refractivity contribution in [3.05, 3.63) is 24.3 Å². The summed E-state index contributed by atoms with van der Waals surface area (Å²) in [5, 5.41) is 10.6. The van der Waals surface area contributed by atoms with Crippen molar-refractivity contribution in [3.8, 4) is 0 Å². The summed E-state index contributed by atoms with van der Waals surface area (Å²) in [5.74, 6) is -2.14. The van der Waals surface area contributed by atoms with Crippen molar-refractivity contribution in [1.29, 1.82) is 0 Å². The quantitative estimate of drug-likeness (QED) is 0.0169. The maximum Gasteiger partial charge on any atom is 0.472 e. The first-order valence-electron chi connectivity index (χ1n) is 37.6. The van der Waals surface area contributed by atoms with Gasteiger partial charge in [0.1, 0.15) is 19.3 Å². The maximum atomic E-state index is 13.0. The second-order valence-corrected chi connectivity index (χ2v) is 28.5. The van der Waals surface area contributed by atoms with E-state index in [4.69, 9.17) is 37.0 Å². The van der Waals surface area contributed by atoms with Gasteiger partial charge in [-0.1, -0.05) is 309 Å². The summed E-state index contributed by atoms with van der Waals surface area (Å²) < 4.78 is 68.4. The van der Waals surface area contributed by atoms with Gasteiger partial charge in [-0.2, -0.15) is 0 Å². The standard InChI is InChI=1S/C73H138O17P2/c1-5-9-13-17-21-25-29-33-37-41-45-49-53-57-70(75)83-63-68(89-72(77)59-55-51-47-43-39-35-31-27-23-19-15-11-7-3)65-87-91(79,80)85-61-67(74)62-86-92(81,82)88-66-69(90-73(78)60-56-52-48-44-40-36-32-28-24-20-16-12-8-4)64-84-71(76)58-54-50-46-42-38-34-30-26-22-18-14-10-6-2/h13,17,25,29,67-69,74H,5-12,14-16,18-24,26-28,30-66H2,1-4H3,(H,79,80)(H,81,82)/b17-13-,29-25-. The van der Waals surface area contributed by atoms with Crippen LogP contribution in [0, 0.1) is 0 Å². The minimum Gasteiger partial charge on any atom is -0.462 e. The third kappa shape index (κ3) is 66.2. The Morgan fingerprint density at radius 1 is 0.304 bits per heavy atom. The zero-order valence-electron chi connectivity index (χ0n) is 59.0. The average molecular weight is 1350 g/mol. The second-order valence-electron chi connectivity index (χ2n) is 25.6. The van der Waals surface area contributed by atoms with Gasteiger partial charge in [0.15, 0.2) is 12.2 Å². The molecule has 0 fully saturated rings. The molecule has 17 nitrogen and oxygen atoms in total. The van der Waals surface area contributed by atoms with Crippen LogP contribution in [0.25, 0.3) is 0 Å². The Hall–Kier alpha value is -2.46. The monoisotopic (exact) mass is 1350 g/mol. The van der Waals surface area contributed by atoms with Crippen LogP contribution in [-0.2, 0) is 65.4 Å². The molecule has 19 heteroatoms. The number of hydrogen-bond donors (Lipinski definition) is 3. The molecule has 92 heavy (non-hydrogen) atoms. The molecule has 5 unspecified atom stereocenters. The Balaban J connectivity index is 5.28. The van der Waals surface area contributed by atoms with E-state index in [2.05, 4.69) is 52.0 Å². The van der Waals surface area contributed by atoms with Crippen molar-refractivity contribution >= 4 is 39.5 Å². The van der Waals surface area contributed by atoms with E-state index in [9.17, 15) is 43.2 Å². The van der Waals surface area contributed by atoms with Gasteiger partial charge in [-0.3, -0.25) is 37.3 Å². The minimum absolute atomic E-state index is 0.101. The number of unbranched alkanes of at least 4 members (excludes halogenated alkanes) is 42. The van der Waals surface area contributed by atoms with E-state index in [1.807, 2.05) is 0 Å². The van der Waals surface area contributed by atoms with Gasteiger partial charge >= 0.3 is 39.5 Å². The summed E-state index contributed by atoms with van der Waals surface area (Å²) in [4.78, 5) is 72.7. The maximum absolute atomic E-state index is 13.0. The van der Waals surface area contributed by atoms with Gasteiger partial charge in [-0.05, 0) is 51.4 Å². The van der Waals surface area contributed by atoms with Gasteiger partial charge in [0.05, 0.1) is 26.4 Å². The van der Waals surface area contributed by atoms with Crippen molar-refractivity contribution in [2.45, 2.75) is 380 Å². The van der Waals surface area contributed by atoms with E-state index in [0.717, 1.165) is 122 Å². The van der Waals surface area contributed by atoms with E-state index in [1.54, 1.807) is 0 Å². The van der Waals surface area contributed by atoms with Gasteiger partial charge in [0.2, 0.25) is 0 Å². The summed E-state index contributed by atoms with van der Waals surface area (Å²) in [6.07, 6.45) is 58.8. The van der Waals surface area contributed by atoms with Gasteiger partial charge in [-0.15, -0.1) is 0 Å². The minimum atomic E-state index is -4.96. The highest BCUT2D eigenvalue weighted by atomic mass is 31.2. The summed E-state index contributed by atoms with van der Waals surface area (Å²) >= 11 is 0. The summed E-state index contributed by atoms with van der Waals surface area (Å²) in [6.45, 7) is 4.87. The molecule has 0 saturated heterocycles. The number of carbonyl (C=O) groups is 4. The predicted molar refractivity (Wildman–Crippen MR) is 372 cm³/mol. The van der Waals surface area contributed by atoms with Gasteiger partial charge < -0.3 is 33.8 Å². The van der Waals surface area contributed by atoms with Crippen molar-refractivity contribution in [3.63, 3.8) is 0 Å². The molecule has 0 amide bonds. The fourth-order valence-corrected chi connectivity index (χ4v) is 12.3. The molecule has 0 aromatic carbocycles. The molecule has 3 N–H and O–H groups in total. The van der Waals surface area contributed by atoms with Crippen LogP contribution >= 0.6 is 15.6 Å². The predicted octanol–water partition coefficient (Wildman–Crippen LogP) is 21.0.